The van der Waals surface area contributed by atoms with Gasteiger partial charge in [-0.05, 0) is 52.9 Å². The van der Waals surface area contributed by atoms with Gasteiger partial charge < -0.3 is 5.11 Å². The zero-order valence-corrected chi connectivity index (χ0v) is 11.9. The van der Waals surface area contributed by atoms with Crippen LogP contribution in [0.4, 0.5) is 4.39 Å². The Bertz CT molecular complexity index is 772. The van der Waals surface area contributed by atoms with E-state index in [4.69, 9.17) is 0 Å². The van der Waals surface area contributed by atoms with Crippen molar-refractivity contribution in [1.29, 1.82) is 0 Å². The van der Waals surface area contributed by atoms with Gasteiger partial charge in [0, 0.05) is 0 Å². The molecule has 2 heteroatoms. The topological polar surface area (TPSA) is 20.2 Å². The highest BCUT2D eigenvalue weighted by Gasteiger charge is 2.11. The van der Waals surface area contributed by atoms with Gasteiger partial charge in [-0.3, -0.25) is 0 Å². The van der Waals surface area contributed by atoms with Crippen molar-refractivity contribution >= 4 is 10.8 Å². The maximum atomic E-state index is 13.5. The van der Waals surface area contributed by atoms with Crippen molar-refractivity contribution in [3.05, 3.63) is 72.0 Å². The van der Waals surface area contributed by atoms with Gasteiger partial charge >= 0.3 is 0 Å². The minimum Gasteiger partial charge on any atom is -0.393 e. The lowest BCUT2D eigenvalue weighted by molar-refractivity contribution is 0.195. The first-order valence-electron chi connectivity index (χ1n) is 7.10. The molecular weight excluding hydrogens is 263 g/mol. The number of benzene rings is 3. The van der Waals surface area contributed by atoms with Crippen LogP contribution in [0.3, 0.4) is 0 Å². The minimum atomic E-state index is -0.500. The van der Waals surface area contributed by atoms with Crippen LogP contribution >= 0.6 is 0 Å². The second-order valence-corrected chi connectivity index (χ2v) is 5.38. The van der Waals surface area contributed by atoms with Gasteiger partial charge in [0.2, 0.25) is 0 Å². The lowest BCUT2D eigenvalue weighted by atomic mass is 9.92. The highest BCUT2D eigenvalue weighted by atomic mass is 19.1. The molecule has 3 aromatic rings. The Morgan fingerprint density at radius 2 is 1.71 bits per heavy atom. The van der Waals surface area contributed by atoms with Gasteiger partial charge in [-0.25, -0.2) is 4.39 Å². The Morgan fingerprint density at radius 3 is 2.52 bits per heavy atom. The van der Waals surface area contributed by atoms with Crippen LogP contribution < -0.4 is 0 Å². The summed E-state index contributed by atoms with van der Waals surface area (Å²) >= 11 is 0. The molecule has 1 atom stereocenters. The van der Waals surface area contributed by atoms with Crippen molar-refractivity contribution in [3.63, 3.8) is 0 Å². The third kappa shape index (κ3) is 2.81. The number of halogens is 1. The summed E-state index contributed by atoms with van der Waals surface area (Å²) in [5.41, 5.74) is 2.89. The van der Waals surface area contributed by atoms with E-state index < -0.39 is 6.10 Å². The van der Waals surface area contributed by atoms with Crippen molar-refractivity contribution in [2.24, 2.45) is 0 Å². The summed E-state index contributed by atoms with van der Waals surface area (Å²) in [5.74, 6) is -0.269. The first-order chi connectivity index (χ1) is 10.1. The molecule has 106 valence electrons. The quantitative estimate of drug-likeness (QED) is 0.745. The van der Waals surface area contributed by atoms with Crippen LogP contribution in [-0.2, 0) is 6.42 Å². The zero-order valence-electron chi connectivity index (χ0n) is 11.9. The fraction of sp³-hybridized carbons (Fsp3) is 0.158. The second-order valence-electron chi connectivity index (χ2n) is 5.38. The third-order valence-electron chi connectivity index (χ3n) is 3.66. The molecule has 1 N–H and O–H groups in total. The van der Waals surface area contributed by atoms with Crippen LogP contribution in [0.15, 0.2) is 60.7 Å². The molecule has 0 bridgehead atoms. The van der Waals surface area contributed by atoms with Crippen molar-refractivity contribution < 1.29 is 9.50 Å². The van der Waals surface area contributed by atoms with E-state index >= 15 is 0 Å². The van der Waals surface area contributed by atoms with E-state index in [1.165, 1.54) is 12.1 Å². The Kier molecular flexibility index (Phi) is 3.72. The molecule has 0 saturated heterocycles. The van der Waals surface area contributed by atoms with Crippen LogP contribution in [0.2, 0.25) is 0 Å². The molecule has 21 heavy (non-hydrogen) atoms. The van der Waals surface area contributed by atoms with E-state index in [0.717, 1.165) is 27.5 Å². The first kappa shape index (κ1) is 13.8. The predicted molar refractivity (Wildman–Crippen MR) is 84.7 cm³/mol. The van der Waals surface area contributed by atoms with Crippen LogP contribution in [-0.4, -0.2) is 11.2 Å². The molecule has 0 fully saturated rings. The molecule has 0 radical (unpaired) electrons. The lowest BCUT2D eigenvalue weighted by Gasteiger charge is -2.14. The van der Waals surface area contributed by atoms with Crippen molar-refractivity contribution in [2.75, 3.05) is 0 Å². The molecule has 0 aromatic heterocycles. The smallest absolute Gasteiger partial charge is 0.123 e. The van der Waals surface area contributed by atoms with Gasteiger partial charge in [0.1, 0.15) is 5.82 Å². The SMILES string of the molecule is CC(O)Cc1cc(F)ccc1-c1cccc2ccccc12. The lowest BCUT2D eigenvalue weighted by Crippen LogP contribution is -2.06. The molecular formula is C19H17FO. The van der Waals surface area contributed by atoms with Gasteiger partial charge in [0.05, 0.1) is 6.10 Å². The largest absolute Gasteiger partial charge is 0.393 e. The summed E-state index contributed by atoms with van der Waals surface area (Å²) in [7, 11) is 0. The van der Waals surface area contributed by atoms with Gasteiger partial charge in [0.15, 0.2) is 0 Å². The summed E-state index contributed by atoms with van der Waals surface area (Å²) in [6, 6.07) is 19.1. The summed E-state index contributed by atoms with van der Waals surface area (Å²) in [6.45, 7) is 1.72. The van der Waals surface area contributed by atoms with E-state index in [2.05, 4.69) is 18.2 Å². The van der Waals surface area contributed by atoms with Crippen molar-refractivity contribution in [3.8, 4) is 11.1 Å². The summed E-state index contributed by atoms with van der Waals surface area (Å²) < 4.78 is 13.5. The van der Waals surface area contributed by atoms with Crippen LogP contribution in [0.25, 0.3) is 21.9 Å². The first-order valence-corrected chi connectivity index (χ1v) is 7.10. The Hall–Kier alpha value is -2.19. The molecule has 0 aliphatic rings. The van der Waals surface area contributed by atoms with Crippen LogP contribution in [0.5, 0.6) is 0 Å². The summed E-state index contributed by atoms with van der Waals surface area (Å²) in [4.78, 5) is 0. The molecule has 3 aromatic carbocycles. The number of rotatable bonds is 3. The fourth-order valence-electron chi connectivity index (χ4n) is 2.77. The standard InChI is InChI=1S/C19H17FO/c1-13(21)11-15-12-16(20)9-10-18(15)19-8-4-6-14-5-2-3-7-17(14)19/h2-10,12-13,21H,11H2,1H3. The zero-order chi connectivity index (χ0) is 14.8. The average molecular weight is 280 g/mol. The predicted octanol–water partition coefficient (Wildman–Crippen LogP) is 4.57. The molecule has 0 spiro atoms. The number of aliphatic hydroxyl groups is 1. The number of hydrogen-bond acceptors (Lipinski definition) is 1. The Morgan fingerprint density at radius 1 is 0.952 bits per heavy atom. The van der Waals surface area contributed by atoms with E-state index in [-0.39, 0.29) is 5.82 Å². The molecule has 0 heterocycles. The molecule has 3 rings (SSSR count). The summed E-state index contributed by atoms with van der Waals surface area (Å²) in [6.07, 6.45) is -0.0587. The van der Waals surface area contributed by atoms with Crippen LogP contribution in [0.1, 0.15) is 12.5 Å². The number of hydrogen-bond donors (Lipinski definition) is 1. The summed E-state index contributed by atoms with van der Waals surface area (Å²) in [5, 5.41) is 12.0. The number of fused-ring (bicyclic) bond motifs is 1. The van der Waals surface area contributed by atoms with Crippen molar-refractivity contribution in [2.45, 2.75) is 19.4 Å². The number of aliphatic hydroxyl groups excluding tert-OH is 1. The van der Waals surface area contributed by atoms with E-state index in [9.17, 15) is 9.50 Å². The second kappa shape index (κ2) is 5.66. The van der Waals surface area contributed by atoms with Gasteiger partial charge in [-0.15, -0.1) is 0 Å². The van der Waals surface area contributed by atoms with E-state index in [0.29, 0.717) is 6.42 Å². The Labute approximate surface area is 123 Å². The average Bonchev–Trinajstić information content (AvgIpc) is 2.46. The molecule has 0 aliphatic heterocycles. The Balaban J connectivity index is 2.23. The molecule has 0 saturated carbocycles. The maximum Gasteiger partial charge on any atom is 0.123 e. The van der Waals surface area contributed by atoms with Gasteiger partial charge in [-0.2, -0.15) is 0 Å². The molecule has 0 aliphatic carbocycles. The monoisotopic (exact) mass is 280 g/mol. The molecule has 1 nitrogen and oxygen atoms in total. The minimum absolute atomic E-state index is 0.269. The van der Waals surface area contributed by atoms with Crippen LogP contribution in [0, 0.1) is 5.82 Å². The highest BCUT2D eigenvalue weighted by molar-refractivity contribution is 5.97. The van der Waals surface area contributed by atoms with Gasteiger partial charge in [0.25, 0.3) is 0 Å². The maximum absolute atomic E-state index is 13.5. The van der Waals surface area contributed by atoms with Gasteiger partial charge in [-0.1, -0.05) is 48.5 Å². The highest BCUT2D eigenvalue weighted by Crippen LogP contribution is 2.32. The fourth-order valence-corrected chi connectivity index (χ4v) is 2.77. The molecule has 0 amide bonds. The van der Waals surface area contributed by atoms with E-state index in [1.54, 1.807) is 13.0 Å². The van der Waals surface area contributed by atoms with E-state index in [1.807, 2.05) is 24.3 Å². The van der Waals surface area contributed by atoms with Crippen molar-refractivity contribution in [1.82, 2.24) is 0 Å². The third-order valence-corrected chi connectivity index (χ3v) is 3.66. The normalized spacial score (nSPS) is 12.5. The molecule has 1 unspecified atom stereocenters.